The van der Waals surface area contributed by atoms with Crippen LogP contribution in [0, 0.1) is 0 Å². The maximum Gasteiger partial charge on any atom is 0.239 e. The highest BCUT2D eigenvalue weighted by molar-refractivity contribution is 8.23. The predicted molar refractivity (Wildman–Crippen MR) is 76.9 cm³/mol. The fraction of sp³-hybridized carbons (Fsp3) is 0.200. The summed E-state index contributed by atoms with van der Waals surface area (Å²) in [5, 5.41) is 4.06. The van der Waals surface area contributed by atoms with Crippen molar-refractivity contribution in [2.75, 3.05) is 17.7 Å². The quantitative estimate of drug-likeness (QED) is 0.869. The Hall–Kier alpha value is -0.490. The van der Waals surface area contributed by atoms with Crippen LogP contribution in [-0.4, -0.2) is 27.5 Å². The third-order valence-electron chi connectivity index (χ3n) is 2.22. The molecule has 7 heteroatoms. The summed E-state index contributed by atoms with van der Waals surface area (Å²) in [4.78, 5) is 13.0. The normalized spacial score (nSPS) is 15.5. The summed E-state index contributed by atoms with van der Waals surface area (Å²) in [7, 11) is 0. The van der Waals surface area contributed by atoms with E-state index in [1.54, 1.807) is 18.2 Å². The number of thioether (sulfide) groups is 1. The van der Waals surface area contributed by atoms with Gasteiger partial charge in [-0.3, -0.25) is 9.69 Å². The van der Waals surface area contributed by atoms with Crippen molar-refractivity contribution < 1.29 is 4.79 Å². The molecule has 0 saturated carbocycles. The number of hydrogen-bond donors (Lipinski definition) is 1. The largest absolute Gasteiger partial charge is 0.365 e. The molecule has 0 aromatic heterocycles. The number of amides is 1. The zero-order valence-electron chi connectivity index (χ0n) is 8.57. The van der Waals surface area contributed by atoms with E-state index in [0.717, 1.165) is 0 Å². The fourth-order valence-corrected chi connectivity index (χ4v) is 2.96. The molecule has 3 nitrogen and oxygen atoms in total. The van der Waals surface area contributed by atoms with Crippen LogP contribution in [0.2, 0.25) is 10.0 Å². The number of thiocarbonyl (C=S) groups is 1. The third kappa shape index (κ3) is 2.85. The second-order valence-corrected chi connectivity index (χ2v) is 5.73. The van der Waals surface area contributed by atoms with Crippen LogP contribution in [0.3, 0.4) is 0 Å². The second-order valence-electron chi connectivity index (χ2n) is 3.31. The van der Waals surface area contributed by atoms with Gasteiger partial charge in [-0.05, 0) is 12.1 Å². The molecule has 1 aliphatic heterocycles. The van der Waals surface area contributed by atoms with Crippen molar-refractivity contribution in [1.29, 1.82) is 0 Å². The number of benzene rings is 1. The van der Waals surface area contributed by atoms with Gasteiger partial charge in [-0.15, -0.1) is 0 Å². The molecule has 90 valence electrons. The molecule has 1 aromatic rings. The molecular formula is C10H8Cl2N2OS2. The van der Waals surface area contributed by atoms with E-state index in [4.69, 9.17) is 35.4 Å². The van der Waals surface area contributed by atoms with Crippen molar-refractivity contribution >= 4 is 63.1 Å². The maximum atomic E-state index is 11.5. The Balaban J connectivity index is 2.07. The molecule has 0 atom stereocenters. The van der Waals surface area contributed by atoms with Crippen LogP contribution in [0.25, 0.3) is 0 Å². The number of carbonyl (C=O) groups is 1. The SMILES string of the molecule is O=C1CSC(=S)N1CNc1c(Cl)cccc1Cl. The molecule has 2 rings (SSSR count). The Morgan fingerprint density at radius 3 is 2.59 bits per heavy atom. The van der Waals surface area contributed by atoms with E-state index in [1.165, 1.54) is 16.7 Å². The van der Waals surface area contributed by atoms with Crippen LogP contribution in [-0.2, 0) is 4.79 Å². The molecule has 1 aliphatic rings. The molecule has 1 aromatic carbocycles. The van der Waals surface area contributed by atoms with Gasteiger partial charge in [-0.1, -0.05) is 53.2 Å². The monoisotopic (exact) mass is 306 g/mol. The lowest BCUT2D eigenvalue weighted by Gasteiger charge is -2.17. The molecule has 1 fully saturated rings. The van der Waals surface area contributed by atoms with Crippen molar-refractivity contribution in [3.63, 3.8) is 0 Å². The maximum absolute atomic E-state index is 11.5. The van der Waals surface area contributed by atoms with E-state index >= 15 is 0 Å². The van der Waals surface area contributed by atoms with Crippen molar-refractivity contribution in [2.24, 2.45) is 0 Å². The smallest absolute Gasteiger partial charge is 0.239 e. The van der Waals surface area contributed by atoms with Gasteiger partial charge in [0, 0.05) is 0 Å². The van der Waals surface area contributed by atoms with Crippen LogP contribution >= 0.6 is 47.2 Å². The molecule has 1 heterocycles. The number of carbonyl (C=O) groups excluding carboxylic acids is 1. The van der Waals surface area contributed by atoms with Gasteiger partial charge >= 0.3 is 0 Å². The zero-order valence-corrected chi connectivity index (χ0v) is 11.7. The van der Waals surface area contributed by atoms with Gasteiger partial charge in [0.05, 0.1) is 28.2 Å². The van der Waals surface area contributed by atoms with Crippen LogP contribution in [0.1, 0.15) is 0 Å². The molecule has 1 saturated heterocycles. The average molecular weight is 307 g/mol. The van der Waals surface area contributed by atoms with E-state index < -0.39 is 0 Å². The Labute approximate surface area is 118 Å². The number of nitrogens with one attached hydrogen (secondary N) is 1. The molecule has 0 unspecified atom stereocenters. The fourth-order valence-electron chi connectivity index (χ4n) is 1.36. The summed E-state index contributed by atoms with van der Waals surface area (Å²) in [6, 6.07) is 5.22. The number of rotatable bonds is 3. The highest BCUT2D eigenvalue weighted by Crippen LogP contribution is 2.30. The summed E-state index contributed by atoms with van der Waals surface area (Å²) in [6.07, 6.45) is 0. The van der Waals surface area contributed by atoms with Crippen molar-refractivity contribution in [3.05, 3.63) is 28.2 Å². The molecule has 0 bridgehead atoms. The minimum atomic E-state index is -0.00400. The van der Waals surface area contributed by atoms with Gasteiger partial charge in [-0.2, -0.15) is 0 Å². The summed E-state index contributed by atoms with van der Waals surface area (Å²) >= 11 is 18.4. The summed E-state index contributed by atoms with van der Waals surface area (Å²) in [5.74, 6) is 0.396. The van der Waals surface area contributed by atoms with Crippen LogP contribution in [0.4, 0.5) is 5.69 Å². The highest BCUT2D eigenvalue weighted by atomic mass is 35.5. The first-order chi connectivity index (χ1) is 8.09. The Morgan fingerprint density at radius 2 is 2.06 bits per heavy atom. The lowest BCUT2D eigenvalue weighted by atomic mass is 10.3. The second kappa shape index (κ2) is 5.44. The van der Waals surface area contributed by atoms with Gasteiger partial charge in [0.15, 0.2) is 0 Å². The Morgan fingerprint density at radius 1 is 1.41 bits per heavy atom. The molecule has 0 aliphatic carbocycles. The lowest BCUT2D eigenvalue weighted by molar-refractivity contribution is -0.123. The third-order valence-corrected chi connectivity index (χ3v) is 4.28. The van der Waals surface area contributed by atoms with Gasteiger partial charge in [0.2, 0.25) is 5.91 Å². The van der Waals surface area contributed by atoms with Crippen molar-refractivity contribution in [1.82, 2.24) is 4.90 Å². The topological polar surface area (TPSA) is 32.3 Å². The van der Waals surface area contributed by atoms with E-state index in [9.17, 15) is 4.79 Å². The lowest BCUT2D eigenvalue weighted by Crippen LogP contribution is -2.33. The molecule has 17 heavy (non-hydrogen) atoms. The first-order valence-electron chi connectivity index (χ1n) is 4.74. The summed E-state index contributed by atoms with van der Waals surface area (Å²) in [6.45, 7) is 0.286. The van der Waals surface area contributed by atoms with Gasteiger partial charge in [-0.25, -0.2) is 0 Å². The number of halogens is 2. The Kier molecular flexibility index (Phi) is 4.14. The zero-order chi connectivity index (χ0) is 12.4. The van der Waals surface area contributed by atoms with Crippen LogP contribution in [0.15, 0.2) is 18.2 Å². The van der Waals surface area contributed by atoms with Gasteiger partial charge < -0.3 is 5.32 Å². The first-order valence-corrected chi connectivity index (χ1v) is 6.89. The summed E-state index contributed by atoms with van der Waals surface area (Å²) in [5.41, 5.74) is 0.614. The van der Waals surface area contributed by atoms with Gasteiger partial charge in [0.1, 0.15) is 4.32 Å². The number of para-hydroxylation sites is 1. The van der Waals surface area contributed by atoms with E-state index in [1.807, 2.05) is 0 Å². The Bertz CT molecular complexity index is 445. The standard InChI is InChI=1S/C10H8Cl2N2OS2/c11-6-2-1-3-7(12)9(6)13-5-14-8(15)4-17-10(14)16/h1-3,13H,4-5H2. The van der Waals surface area contributed by atoms with Crippen LogP contribution < -0.4 is 5.32 Å². The molecule has 0 radical (unpaired) electrons. The molecule has 1 amide bonds. The summed E-state index contributed by atoms with van der Waals surface area (Å²) < 4.78 is 0.575. The van der Waals surface area contributed by atoms with Crippen molar-refractivity contribution in [3.8, 4) is 0 Å². The van der Waals surface area contributed by atoms with Gasteiger partial charge in [0.25, 0.3) is 0 Å². The number of anilines is 1. The number of hydrogen-bond acceptors (Lipinski definition) is 4. The van der Waals surface area contributed by atoms with E-state index in [-0.39, 0.29) is 12.6 Å². The minimum Gasteiger partial charge on any atom is -0.365 e. The minimum absolute atomic E-state index is 0.00400. The first kappa shape index (κ1) is 13.0. The van der Waals surface area contributed by atoms with E-state index in [0.29, 0.717) is 25.8 Å². The molecular weight excluding hydrogens is 299 g/mol. The van der Waals surface area contributed by atoms with Crippen LogP contribution in [0.5, 0.6) is 0 Å². The highest BCUT2D eigenvalue weighted by Gasteiger charge is 2.26. The van der Waals surface area contributed by atoms with Crippen molar-refractivity contribution in [2.45, 2.75) is 0 Å². The molecule has 0 spiro atoms. The average Bonchev–Trinajstić information content (AvgIpc) is 2.59. The molecule has 1 N–H and O–H groups in total. The number of nitrogens with zero attached hydrogens (tertiary/aromatic N) is 1. The predicted octanol–water partition coefficient (Wildman–Crippen LogP) is 3.22. The van der Waals surface area contributed by atoms with E-state index in [2.05, 4.69) is 5.32 Å².